The Labute approximate surface area is 144 Å². The molecule has 0 fully saturated rings. The first-order valence-electron chi connectivity index (χ1n) is 7.69. The van der Waals surface area contributed by atoms with Crippen LogP contribution in [0.1, 0.15) is 12.5 Å². The fourth-order valence-electron chi connectivity index (χ4n) is 2.79. The third-order valence-electron chi connectivity index (χ3n) is 3.95. The highest BCUT2D eigenvalue weighted by Crippen LogP contribution is 2.41. The Kier molecular flexibility index (Phi) is 3.75. The van der Waals surface area contributed by atoms with E-state index in [4.69, 9.17) is 0 Å². The predicted octanol–water partition coefficient (Wildman–Crippen LogP) is 5.24. The van der Waals surface area contributed by atoms with Gasteiger partial charge < -0.3 is 0 Å². The van der Waals surface area contributed by atoms with E-state index in [0.29, 0.717) is 0 Å². The largest absolute Gasteiger partial charge is 0.256 e. The number of aliphatic imine (C=N–C) groups is 1. The summed E-state index contributed by atoms with van der Waals surface area (Å²) in [4.78, 5) is 15.9. The molecule has 0 radical (unpaired) electrons. The van der Waals surface area contributed by atoms with Gasteiger partial charge in [-0.25, -0.2) is 0 Å². The molecular weight excluding hydrogens is 314 g/mol. The molecule has 0 saturated carbocycles. The van der Waals surface area contributed by atoms with Crippen LogP contribution in [-0.2, 0) is 0 Å². The lowest BCUT2D eigenvalue weighted by Crippen LogP contribution is -1.98. The van der Waals surface area contributed by atoms with E-state index in [-0.39, 0.29) is 0 Å². The van der Waals surface area contributed by atoms with E-state index in [2.05, 4.69) is 51.9 Å². The summed E-state index contributed by atoms with van der Waals surface area (Å²) < 4.78 is 0. The number of benzene rings is 1. The van der Waals surface area contributed by atoms with Crippen molar-refractivity contribution in [2.24, 2.45) is 4.99 Å². The molecule has 0 N–H and O–H groups in total. The lowest BCUT2D eigenvalue weighted by Gasteiger charge is -2.05. The molecule has 24 heavy (non-hydrogen) atoms. The summed E-state index contributed by atoms with van der Waals surface area (Å²) in [5.74, 6) is 0. The fourth-order valence-corrected chi connectivity index (χ4v) is 3.78. The molecular formula is C20H15N3S. The lowest BCUT2D eigenvalue weighted by atomic mass is 10.1. The van der Waals surface area contributed by atoms with Crippen molar-refractivity contribution in [3.8, 4) is 11.4 Å². The number of nitrogens with zero attached hydrogens (tertiary/aromatic N) is 3. The molecule has 0 unspecified atom stereocenters. The van der Waals surface area contributed by atoms with Gasteiger partial charge in [0.05, 0.1) is 17.1 Å². The topological polar surface area (TPSA) is 38.1 Å². The van der Waals surface area contributed by atoms with E-state index >= 15 is 0 Å². The van der Waals surface area contributed by atoms with Gasteiger partial charge in [-0.15, -0.1) is 0 Å². The van der Waals surface area contributed by atoms with E-state index < -0.39 is 0 Å². The maximum atomic E-state index is 4.60. The molecule has 0 saturated heterocycles. The standard InChI is InChI=1S/C20H15N3S/c1-3-18-20(21-4-2)15-10-17(23-12-19(15)24-18)16-9-13-7-5-6-8-14(13)11-22-16/h3-12H,2H2,1H3/b18-3+,21-20?. The van der Waals surface area contributed by atoms with Crippen molar-refractivity contribution in [1.29, 1.82) is 0 Å². The van der Waals surface area contributed by atoms with Gasteiger partial charge in [0.1, 0.15) is 0 Å². The van der Waals surface area contributed by atoms with Crippen molar-refractivity contribution >= 4 is 28.2 Å². The maximum absolute atomic E-state index is 4.60. The monoisotopic (exact) mass is 329 g/mol. The van der Waals surface area contributed by atoms with Crippen LogP contribution < -0.4 is 0 Å². The molecule has 4 rings (SSSR count). The average Bonchev–Trinajstić information content (AvgIpc) is 2.99. The average molecular weight is 329 g/mol. The first-order valence-corrected chi connectivity index (χ1v) is 8.50. The molecule has 4 heteroatoms. The molecule has 0 spiro atoms. The number of fused-ring (bicyclic) bond motifs is 2. The van der Waals surface area contributed by atoms with Gasteiger partial charge in [-0.1, -0.05) is 48.7 Å². The molecule has 0 bridgehead atoms. The zero-order valence-corrected chi connectivity index (χ0v) is 14.0. The molecule has 116 valence electrons. The number of thioether (sulfide) groups is 1. The second kappa shape index (κ2) is 6.06. The third-order valence-corrected chi connectivity index (χ3v) is 5.15. The SMILES string of the molecule is C=CN=C1/C(=C\C)Sc2cnc(-c3cc4ccccc4cn3)cc21. The van der Waals surface area contributed by atoms with Gasteiger partial charge in [0.25, 0.3) is 0 Å². The minimum Gasteiger partial charge on any atom is -0.256 e. The molecule has 3 aromatic rings. The minimum absolute atomic E-state index is 0.856. The van der Waals surface area contributed by atoms with Crippen LogP contribution >= 0.6 is 11.8 Å². The third kappa shape index (κ3) is 2.45. The zero-order chi connectivity index (χ0) is 16.5. The quantitative estimate of drug-likeness (QED) is 0.645. The van der Waals surface area contributed by atoms with E-state index in [1.54, 1.807) is 18.0 Å². The van der Waals surface area contributed by atoms with Gasteiger partial charge >= 0.3 is 0 Å². The highest BCUT2D eigenvalue weighted by Gasteiger charge is 2.24. The van der Waals surface area contributed by atoms with Gasteiger partial charge in [0.2, 0.25) is 0 Å². The summed E-state index contributed by atoms with van der Waals surface area (Å²) in [5, 5.41) is 2.29. The van der Waals surface area contributed by atoms with Crippen molar-refractivity contribution in [1.82, 2.24) is 9.97 Å². The molecule has 1 aliphatic heterocycles. The molecule has 0 aliphatic carbocycles. The molecule has 1 aliphatic rings. The van der Waals surface area contributed by atoms with E-state index in [0.717, 1.165) is 43.2 Å². The number of hydrogen-bond acceptors (Lipinski definition) is 4. The molecule has 1 aromatic carbocycles. The van der Waals surface area contributed by atoms with Crippen LogP contribution in [0.5, 0.6) is 0 Å². The van der Waals surface area contributed by atoms with Gasteiger partial charge in [0, 0.05) is 39.3 Å². The minimum atomic E-state index is 0.856. The molecule has 3 nitrogen and oxygen atoms in total. The number of hydrogen-bond donors (Lipinski definition) is 0. The Hall–Kier alpha value is -2.72. The summed E-state index contributed by atoms with van der Waals surface area (Å²) in [6, 6.07) is 12.3. The first-order chi connectivity index (χ1) is 11.8. The highest BCUT2D eigenvalue weighted by molar-refractivity contribution is 8.04. The van der Waals surface area contributed by atoms with Crippen LogP contribution in [0.15, 0.2) is 82.4 Å². The second-order valence-corrected chi connectivity index (χ2v) is 6.48. The summed E-state index contributed by atoms with van der Waals surface area (Å²) in [7, 11) is 0. The van der Waals surface area contributed by atoms with Crippen molar-refractivity contribution in [3.05, 3.63) is 78.1 Å². The molecule has 2 aromatic heterocycles. The zero-order valence-electron chi connectivity index (χ0n) is 13.2. The highest BCUT2D eigenvalue weighted by atomic mass is 32.2. The van der Waals surface area contributed by atoms with E-state index in [1.807, 2.05) is 31.5 Å². The van der Waals surface area contributed by atoms with Crippen LogP contribution in [0.2, 0.25) is 0 Å². The Morgan fingerprint density at radius 2 is 1.79 bits per heavy atom. The molecule has 0 amide bonds. The second-order valence-electron chi connectivity index (χ2n) is 5.40. The normalized spacial score (nSPS) is 16.7. The number of aromatic nitrogens is 2. The van der Waals surface area contributed by atoms with E-state index in [1.165, 1.54) is 0 Å². The maximum Gasteiger partial charge on any atom is 0.0893 e. The van der Waals surface area contributed by atoms with E-state index in [9.17, 15) is 0 Å². The van der Waals surface area contributed by atoms with Crippen molar-refractivity contribution in [2.75, 3.05) is 0 Å². The summed E-state index contributed by atoms with van der Waals surface area (Å²) in [5.41, 5.74) is 3.77. The predicted molar refractivity (Wildman–Crippen MR) is 101 cm³/mol. The van der Waals surface area contributed by atoms with Gasteiger partial charge in [-0.05, 0) is 24.4 Å². The summed E-state index contributed by atoms with van der Waals surface area (Å²) >= 11 is 1.69. The smallest absolute Gasteiger partial charge is 0.0893 e. The Morgan fingerprint density at radius 3 is 2.58 bits per heavy atom. The number of allylic oxidation sites excluding steroid dienone is 2. The summed E-state index contributed by atoms with van der Waals surface area (Å²) in [6.07, 6.45) is 7.45. The molecule has 0 atom stereocenters. The van der Waals surface area contributed by atoms with Crippen molar-refractivity contribution < 1.29 is 0 Å². The Balaban J connectivity index is 1.85. The Morgan fingerprint density at radius 1 is 1.04 bits per heavy atom. The van der Waals surface area contributed by atoms with Crippen molar-refractivity contribution in [2.45, 2.75) is 11.8 Å². The van der Waals surface area contributed by atoms with Crippen LogP contribution in [0.25, 0.3) is 22.2 Å². The van der Waals surface area contributed by atoms with Crippen LogP contribution in [0.4, 0.5) is 0 Å². The van der Waals surface area contributed by atoms with Crippen LogP contribution in [0, 0.1) is 0 Å². The van der Waals surface area contributed by atoms with Crippen LogP contribution in [0.3, 0.4) is 0 Å². The number of pyridine rings is 2. The first kappa shape index (κ1) is 14.8. The number of rotatable bonds is 2. The van der Waals surface area contributed by atoms with Crippen molar-refractivity contribution in [3.63, 3.8) is 0 Å². The van der Waals surface area contributed by atoms with Crippen LogP contribution in [-0.4, -0.2) is 15.7 Å². The lowest BCUT2D eigenvalue weighted by molar-refractivity contribution is 1.20. The fraction of sp³-hybridized carbons (Fsp3) is 0.0500. The molecule has 3 heterocycles. The Bertz CT molecular complexity index is 1020. The van der Waals surface area contributed by atoms with Gasteiger partial charge in [-0.2, -0.15) is 0 Å². The van der Waals surface area contributed by atoms with Gasteiger partial charge in [-0.3, -0.25) is 15.0 Å². The summed E-state index contributed by atoms with van der Waals surface area (Å²) in [6.45, 7) is 5.75. The van der Waals surface area contributed by atoms with Gasteiger partial charge in [0.15, 0.2) is 0 Å².